The fraction of sp³-hybridized carbons (Fsp3) is 0.263. The zero-order chi connectivity index (χ0) is 19.6. The summed E-state index contributed by atoms with van der Waals surface area (Å²) >= 11 is 0. The predicted octanol–water partition coefficient (Wildman–Crippen LogP) is 3.76. The number of aromatic nitrogens is 2. The van der Waals surface area contributed by atoms with Crippen LogP contribution in [0.3, 0.4) is 0 Å². The number of amides is 1. The lowest BCUT2D eigenvalue weighted by atomic mass is 10.1. The first-order valence-electron chi connectivity index (χ1n) is 8.65. The van der Waals surface area contributed by atoms with Crippen molar-refractivity contribution in [3.8, 4) is 5.75 Å². The number of non-ortho nitro benzene ring substituents is 1. The van der Waals surface area contributed by atoms with Crippen molar-refractivity contribution in [1.29, 1.82) is 0 Å². The first-order valence-corrected chi connectivity index (χ1v) is 8.65. The topological polar surface area (TPSA) is 98.8 Å². The van der Waals surface area contributed by atoms with Gasteiger partial charge in [0, 0.05) is 18.3 Å². The summed E-state index contributed by atoms with van der Waals surface area (Å²) in [6, 6.07) is 7.96. The van der Waals surface area contributed by atoms with Gasteiger partial charge < -0.3 is 10.1 Å². The number of nitro groups is 1. The Kier molecular flexibility index (Phi) is 5.07. The summed E-state index contributed by atoms with van der Waals surface area (Å²) in [4.78, 5) is 28.1. The number of anilines is 1. The molecule has 1 amide bonds. The minimum absolute atomic E-state index is 0.0802. The van der Waals surface area contributed by atoms with Crippen molar-refractivity contribution in [2.75, 3.05) is 11.9 Å². The second kappa shape index (κ2) is 7.45. The van der Waals surface area contributed by atoms with Gasteiger partial charge in [-0.3, -0.25) is 19.3 Å². The molecule has 8 nitrogen and oxygen atoms in total. The molecule has 8 heteroatoms. The molecule has 0 fully saturated rings. The zero-order valence-corrected chi connectivity index (χ0v) is 15.4. The van der Waals surface area contributed by atoms with Gasteiger partial charge in [0.25, 0.3) is 11.6 Å². The van der Waals surface area contributed by atoms with E-state index < -0.39 is 4.92 Å². The second-order valence-electron chi connectivity index (χ2n) is 5.97. The summed E-state index contributed by atoms with van der Waals surface area (Å²) in [7, 11) is 0. The van der Waals surface area contributed by atoms with E-state index in [1.165, 1.54) is 12.1 Å². The molecule has 0 saturated heterocycles. The molecule has 0 aliphatic heterocycles. The van der Waals surface area contributed by atoms with Crippen LogP contribution in [0, 0.1) is 17.0 Å². The molecule has 1 aromatic carbocycles. The maximum absolute atomic E-state index is 13.0. The predicted molar refractivity (Wildman–Crippen MR) is 102 cm³/mol. The minimum Gasteiger partial charge on any atom is -0.490 e. The normalized spacial score (nSPS) is 10.8. The van der Waals surface area contributed by atoms with E-state index in [9.17, 15) is 14.9 Å². The number of fused-ring (bicyclic) bond motifs is 1. The van der Waals surface area contributed by atoms with E-state index in [1.54, 1.807) is 35.7 Å². The number of rotatable bonds is 6. The molecule has 1 N–H and O–H groups in total. The fourth-order valence-electron chi connectivity index (χ4n) is 2.88. The molecule has 0 atom stereocenters. The van der Waals surface area contributed by atoms with Crippen LogP contribution in [-0.2, 0) is 6.42 Å². The maximum atomic E-state index is 13.0. The van der Waals surface area contributed by atoms with Crippen LogP contribution in [0.1, 0.15) is 35.6 Å². The van der Waals surface area contributed by atoms with Crippen LogP contribution in [0.2, 0.25) is 0 Å². The molecule has 140 valence electrons. The van der Waals surface area contributed by atoms with E-state index in [0.717, 1.165) is 5.56 Å². The number of aryl methyl sites for hydroxylation is 2. The third-order valence-corrected chi connectivity index (χ3v) is 4.22. The van der Waals surface area contributed by atoms with E-state index in [0.29, 0.717) is 41.5 Å². The smallest absolute Gasteiger partial charge is 0.274 e. The minimum atomic E-state index is -0.491. The van der Waals surface area contributed by atoms with Gasteiger partial charge >= 0.3 is 0 Å². The SMILES string of the molecule is CCOc1cccn2c(C(=O)Nc3cc([N+](=O)[O-])ccc3C)c(CC)nc12. The van der Waals surface area contributed by atoms with Crippen LogP contribution in [0.5, 0.6) is 5.75 Å². The number of carbonyl (C=O) groups is 1. The molecule has 27 heavy (non-hydrogen) atoms. The molecule has 0 spiro atoms. The molecular weight excluding hydrogens is 348 g/mol. The Morgan fingerprint density at radius 1 is 1.33 bits per heavy atom. The first-order chi connectivity index (χ1) is 13.0. The lowest BCUT2D eigenvalue weighted by molar-refractivity contribution is -0.384. The Morgan fingerprint density at radius 2 is 2.11 bits per heavy atom. The highest BCUT2D eigenvalue weighted by Crippen LogP contribution is 2.26. The number of imidazole rings is 1. The van der Waals surface area contributed by atoms with E-state index in [1.807, 2.05) is 13.8 Å². The van der Waals surface area contributed by atoms with Crippen molar-refractivity contribution in [2.45, 2.75) is 27.2 Å². The summed E-state index contributed by atoms with van der Waals surface area (Å²) in [6.07, 6.45) is 2.31. The average Bonchev–Trinajstić information content (AvgIpc) is 3.03. The van der Waals surface area contributed by atoms with Crippen molar-refractivity contribution in [3.63, 3.8) is 0 Å². The van der Waals surface area contributed by atoms with Crippen LogP contribution >= 0.6 is 0 Å². The first kappa shape index (κ1) is 18.4. The highest BCUT2D eigenvalue weighted by molar-refractivity contribution is 6.05. The summed E-state index contributed by atoms with van der Waals surface area (Å²) in [5.41, 5.74) is 2.63. The van der Waals surface area contributed by atoms with Gasteiger partial charge in [0.2, 0.25) is 0 Å². The fourth-order valence-corrected chi connectivity index (χ4v) is 2.88. The van der Waals surface area contributed by atoms with Crippen LogP contribution in [0.15, 0.2) is 36.5 Å². The molecule has 0 aliphatic carbocycles. The van der Waals surface area contributed by atoms with Gasteiger partial charge in [0.05, 0.1) is 22.9 Å². The number of benzene rings is 1. The lowest BCUT2D eigenvalue weighted by Gasteiger charge is -2.10. The van der Waals surface area contributed by atoms with Crippen molar-refractivity contribution in [3.05, 3.63) is 63.6 Å². The summed E-state index contributed by atoms with van der Waals surface area (Å²) < 4.78 is 7.29. The summed E-state index contributed by atoms with van der Waals surface area (Å²) in [5.74, 6) is 0.219. The number of nitrogens with one attached hydrogen (secondary N) is 1. The number of hydrogen-bond donors (Lipinski definition) is 1. The molecule has 3 aromatic rings. The van der Waals surface area contributed by atoms with E-state index in [2.05, 4.69) is 10.3 Å². The lowest BCUT2D eigenvalue weighted by Crippen LogP contribution is -2.17. The number of ether oxygens (including phenoxy) is 1. The van der Waals surface area contributed by atoms with Gasteiger partial charge in [-0.25, -0.2) is 4.98 Å². The van der Waals surface area contributed by atoms with E-state index in [4.69, 9.17) is 4.74 Å². The van der Waals surface area contributed by atoms with Crippen molar-refractivity contribution < 1.29 is 14.5 Å². The van der Waals surface area contributed by atoms with Gasteiger partial charge in [-0.1, -0.05) is 13.0 Å². The van der Waals surface area contributed by atoms with Gasteiger partial charge in [-0.15, -0.1) is 0 Å². The van der Waals surface area contributed by atoms with E-state index >= 15 is 0 Å². The van der Waals surface area contributed by atoms with Crippen LogP contribution < -0.4 is 10.1 Å². The number of hydrogen-bond acceptors (Lipinski definition) is 5. The molecule has 2 heterocycles. The Labute approximate surface area is 155 Å². The Morgan fingerprint density at radius 3 is 2.78 bits per heavy atom. The zero-order valence-electron chi connectivity index (χ0n) is 15.4. The second-order valence-corrected chi connectivity index (χ2v) is 5.97. The van der Waals surface area contributed by atoms with Crippen molar-refractivity contribution in [2.24, 2.45) is 0 Å². The van der Waals surface area contributed by atoms with Crippen molar-refractivity contribution >= 4 is 22.9 Å². The molecule has 0 unspecified atom stereocenters. The van der Waals surface area contributed by atoms with Gasteiger partial charge in [0.15, 0.2) is 11.4 Å². The molecule has 0 aliphatic rings. The summed E-state index contributed by atoms with van der Waals surface area (Å²) in [6.45, 7) is 6.06. The molecule has 0 bridgehead atoms. The Balaban J connectivity index is 2.05. The standard InChI is InChI=1S/C19H20N4O4/c1-4-14-17(22-10-6-7-16(27-5-2)18(22)20-14)19(24)21-15-11-13(23(25)26)9-8-12(15)3/h6-11H,4-5H2,1-3H3,(H,21,24). The highest BCUT2D eigenvalue weighted by atomic mass is 16.6. The third-order valence-electron chi connectivity index (χ3n) is 4.22. The molecular formula is C19H20N4O4. The van der Waals surface area contributed by atoms with Crippen LogP contribution in [0.25, 0.3) is 5.65 Å². The number of nitrogens with zero attached hydrogens (tertiary/aromatic N) is 3. The monoisotopic (exact) mass is 368 g/mol. The highest BCUT2D eigenvalue weighted by Gasteiger charge is 2.21. The molecule has 3 rings (SSSR count). The van der Waals surface area contributed by atoms with Crippen LogP contribution in [0.4, 0.5) is 11.4 Å². The van der Waals surface area contributed by atoms with Crippen LogP contribution in [-0.4, -0.2) is 26.8 Å². The van der Waals surface area contributed by atoms with Crippen molar-refractivity contribution in [1.82, 2.24) is 9.38 Å². The van der Waals surface area contributed by atoms with E-state index in [-0.39, 0.29) is 11.6 Å². The average molecular weight is 368 g/mol. The van der Waals surface area contributed by atoms with Gasteiger partial charge in [-0.05, 0) is 38.0 Å². The summed E-state index contributed by atoms with van der Waals surface area (Å²) in [5, 5.41) is 13.8. The Hall–Kier alpha value is -3.42. The molecule has 0 saturated carbocycles. The third kappa shape index (κ3) is 3.46. The number of nitro benzene ring substituents is 1. The maximum Gasteiger partial charge on any atom is 0.274 e. The Bertz CT molecular complexity index is 1030. The molecule has 0 radical (unpaired) electrons. The van der Waals surface area contributed by atoms with Gasteiger partial charge in [0.1, 0.15) is 5.69 Å². The number of carbonyl (C=O) groups excluding carboxylic acids is 1. The number of pyridine rings is 1. The largest absolute Gasteiger partial charge is 0.490 e. The molecule has 2 aromatic heterocycles. The quantitative estimate of drug-likeness (QED) is 0.527. The van der Waals surface area contributed by atoms with Gasteiger partial charge in [-0.2, -0.15) is 0 Å².